The van der Waals surface area contributed by atoms with E-state index in [-0.39, 0.29) is 22.0 Å². The van der Waals surface area contributed by atoms with Crippen LogP contribution in [0.4, 0.5) is 0 Å². The lowest BCUT2D eigenvalue weighted by molar-refractivity contribution is -0.00000917. The smallest absolute Gasteiger partial charge is 0.261 e. The number of unbranched alkanes of at least 4 members (excludes halogenated alkanes) is 3. The van der Waals surface area contributed by atoms with Gasteiger partial charge in [-0.3, -0.25) is 0 Å². The molecule has 40 heavy (non-hydrogen) atoms. The maximum atomic E-state index is 7.30. The number of allylic oxidation sites excluding steroid dienone is 1. The van der Waals surface area contributed by atoms with Crippen molar-refractivity contribution < 1.29 is 21.4 Å². The molecule has 0 aromatic heterocycles. The van der Waals surface area contributed by atoms with Gasteiger partial charge >= 0.3 is 0 Å². The molecule has 0 radical (unpaired) electrons. The van der Waals surface area contributed by atoms with Gasteiger partial charge in [-0.05, 0) is 52.6 Å². The van der Waals surface area contributed by atoms with Gasteiger partial charge in [-0.25, -0.2) is 0 Å². The number of hydrogen-bond acceptors (Lipinski definition) is 1. The quantitative estimate of drug-likeness (QED) is 0.0967. The van der Waals surface area contributed by atoms with E-state index in [0.29, 0.717) is 5.92 Å². The molecule has 4 heteroatoms. The Bertz CT molecular complexity index is 892. The molecule has 2 aromatic rings. The fraction of sp³-hybridized carbons (Fsp3) is 0.611. The molecule has 0 heterocycles. The highest BCUT2D eigenvalue weighted by Gasteiger charge is 2.50. The van der Waals surface area contributed by atoms with E-state index >= 15 is 0 Å². The van der Waals surface area contributed by atoms with E-state index in [2.05, 4.69) is 122 Å². The second-order valence-corrected chi connectivity index (χ2v) is 21.5. The number of hydrogen-bond donors (Lipinski definition) is 0. The van der Waals surface area contributed by atoms with Crippen molar-refractivity contribution in [3.05, 3.63) is 72.3 Å². The molecule has 0 bridgehead atoms. The van der Waals surface area contributed by atoms with Crippen LogP contribution in [0.25, 0.3) is 0 Å². The minimum absolute atomic E-state index is 0. The summed E-state index contributed by atoms with van der Waals surface area (Å²) in [5.41, 5.74) is 1.70. The van der Waals surface area contributed by atoms with Crippen LogP contribution in [-0.4, -0.2) is 39.6 Å². The summed E-state index contributed by atoms with van der Waals surface area (Å²) in [6.07, 6.45) is 17.9. The van der Waals surface area contributed by atoms with Crippen molar-refractivity contribution in [2.24, 2.45) is 5.92 Å². The molecule has 1 atom stereocenters. The molecule has 1 nitrogen and oxygen atoms in total. The van der Waals surface area contributed by atoms with Crippen LogP contribution in [0.1, 0.15) is 100 Å². The molecule has 0 saturated carbocycles. The Labute approximate surface area is 261 Å². The fourth-order valence-electron chi connectivity index (χ4n) is 6.23. The van der Waals surface area contributed by atoms with Gasteiger partial charge in [0.05, 0.1) is 24.6 Å². The third-order valence-corrected chi connectivity index (χ3v) is 18.3. The number of halogens is 1. The molecule has 226 valence electrons. The maximum absolute atomic E-state index is 7.30. The topological polar surface area (TPSA) is 9.23 Å². The highest BCUT2D eigenvalue weighted by atomic mass is 79.9. The van der Waals surface area contributed by atoms with Crippen LogP contribution in [0.5, 0.6) is 0 Å². The van der Waals surface area contributed by atoms with Crippen LogP contribution < -0.4 is 27.4 Å². The van der Waals surface area contributed by atoms with Gasteiger partial charge < -0.3 is 21.4 Å². The van der Waals surface area contributed by atoms with Gasteiger partial charge in [-0.1, -0.05) is 141 Å². The molecule has 0 aliphatic heterocycles. The van der Waals surface area contributed by atoms with E-state index in [1.165, 1.54) is 80.0 Å². The maximum Gasteiger partial charge on any atom is 0.261 e. The zero-order valence-electron chi connectivity index (χ0n) is 27.1. The summed E-state index contributed by atoms with van der Waals surface area (Å²) in [5, 5.41) is 2.77. The third-order valence-electron chi connectivity index (χ3n) is 8.45. The SMILES string of the molecule is CCCC[P+](CCCC)(CCCC)C/C(=C\[C@H](C)CO[Si](c1ccccc1)(c1ccccc1)C(C)(C)C)CC.[Br-]. The standard InChI is InChI=1S/C36H60OPSi.BrH/c1-9-13-26-38(27-14-10-2,28-15-11-3)31-33(12-4)29-32(5)30-37-39(36(6,7)8,34-22-18-16-19-23-34)35-24-20-17-21-25-35;/h16-25,29,32H,9-15,26-28,30-31H2,1-8H3;1H/q+1;/p-1/b33-29-;/t32-;/m0./s1. The Hall–Kier alpha value is -0.733. The highest BCUT2D eigenvalue weighted by molar-refractivity contribution is 7.76. The minimum Gasteiger partial charge on any atom is -1.00 e. The molecule has 0 saturated heterocycles. The molecule has 0 aliphatic carbocycles. The minimum atomic E-state index is -2.50. The zero-order valence-corrected chi connectivity index (χ0v) is 30.6. The van der Waals surface area contributed by atoms with E-state index in [9.17, 15) is 0 Å². The van der Waals surface area contributed by atoms with Gasteiger partial charge in [0, 0.05) is 13.9 Å². The van der Waals surface area contributed by atoms with Crippen molar-refractivity contribution in [3.8, 4) is 0 Å². The Balaban J connectivity index is 0.00000800. The van der Waals surface area contributed by atoms with E-state index in [1.807, 2.05) is 0 Å². The van der Waals surface area contributed by atoms with Crippen molar-refractivity contribution in [1.29, 1.82) is 0 Å². The van der Waals surface area contributed by atoms with Crippen molar-refractivity contribution >= 4 is 26.0 Å². The lowest BCUT2D eigenvalue weighted by Gasteiger charge is -2.43. The van der Waals surface area contributed by atoms with Gasteiger partial charge in [-0.2, -0.15) is 0 Å². The fourth-order valence-corrected chi connectivity index (χ4v) is 16.2. The summed E-state index contributed by atoms with van der Waals surface area (Å²) < 4.78 is 7.30. The second kappa shape index (κ2) is 18.7. The average molecular weight is 648 g/mol. The summed E-state index contributed by atoms with van der Waals surface area (Å²) in [6.45, 7) is 19.8. The van der Waals surface area contributed by atoms with Gasteiger partial charge in [0.25, 0.3) is 8.32 Å². The van der Waals surface area contributed by atoms with Gasteiger partial charge in [0.2, 0.25) is 0 Å². The van der Waals surface area contributed by atoms with Crippen LogP contribution in [-0.2, 0) is 4.43 Å². The van der Waals surface area contributed by atoms with Crippen molar-refractivity contribution in [1.82, 2.24) is 0 Å². The van der Waals surface area contributed by atoms with E-state index in [4.69, 9.17) is 4.43 Å². The van der Waals surface area contributed by atoms with Gasteiger partial charge in [0.15, 0.2) is 0 Å². The summed E-state index contributed by atoms with van der Waals surface area (Å²) in [4.78, 5) is 0. The first-order valence-corrected chi connectivity index (χ1v) is 20.4. The van der Waals surface area contributed by atoms with Crippen LogP contribution in [0, 0.1) is 5.92 Å². The predicted octanol–water partition coefficient (Wildman–Crippen LogP) is 6.96. The molecule has 0 unspecified atom stereocenters. The molecule has 0 aliphatic rings. The predicted molar refractivity (Wildman–Crippen MR) is 182 cm³/mol. The highest BCUT2D eigenvalue weighted by Crippen LogP contribution is 2.62. The third kappa shape index (κ3) is 10.5. The summed E-state index contributed by atoms with van der Waals surface area (Å²) >= 11 is 0. The van der Waals surface area contributed by atoms with E-state index in [0.717, 1.165) is 6.61 Å². The zero-order chi connectivity index (χ0) is 28.8. The first-order valence-electron chi connectivity index (χ1n) is 16.0. The van der Waals surface area contributed by atoms with Crippen LogP contribution in [0.3, 0.4) is 0 Å². The summed E-state index contributed by atoms with van der Waals surface area (Å²) in [7, 11) is -3.44. The van der Waals surface area contributed by atoms with Crippen molar-refractivity contribution in [2.45, 2.75) is 105 Å². The lowest BCUT2D eigenvalue weighted by Crippen LogP contribution is -3.00. The largest absolute Gasteiger partial charge is 1.00 e. The second-order valence-electron chi connectivity index (χ2n) is 12.9. The summed E-state index contributed by atoms with van der Waals surface area (Å²) in [6, 6.07) is 22.2. The first kappa shape index (κ1) is 37.3. The number of benzene rings is 2. The van der Waals surface area contributed by atoms with Gasteiger partial charge in [0.1, 0.15) is 0 Å². The molecule has 0 spiro atoms. The van der Waals surface area contributed by atoms with E-state index < -0.39 is 15.6 Å². The normalized spacial score (nSPS) is 13.7. The summed E-state index contributed by atoms with van der Waals surface area (Å²) in [5.74, 6) is 0.409. The van der Waals surface area contributed by atoms with Crippen LogP contribution >= 0.6 is 7.26 Å². The number of rotatable bonds is 18. The molecular weight excluding hydrogens is 587 g/mol. The van der Waals surface area contributed by atoms with Crippen molar-refractivity contribution in [3.63, 3.8) is 0 Å². The lowest BCUT2D eigenvalue weighted by atomic mass is 10.1. The Kier molecular flexibility index (Phi) is 17.5. The van der Waals surface area contributed by atoms with Gasteiger partial charge in [-0.15, -0.1) is 0 Å². The first-order chi connectivity index (χ1) is 18.7. The molecule has 0 N–H and O–H groups in total. The molecule has 2 rings (SSSR count). The molecule has 0 amide bonds. The van der Waals surface area contributed by atoms with E-state index in [1.54, 1.807) is 5.57 Å². The molecule has 2 aromatic carbocycles. The Morgan fingerprint density at radius 2 is 1.20 bits per heavy atom. The van der Waals surface area contributed by atoms with Crippen LogP contribution in [0.15, 0.2) is 72.3 Å². The molecule has 0 fully saturated rings. The monoisotopic (exact) mass is 646 g/mol. The molecular formula is C36H60BrOPSi. The van der Waals surface area contributed by atoms with Crippen molar-refractivity contribution in [2.75, 3.05) is 31.3 Å². The van der Waals surface area contributed by atoms with Crippen LogP contribution in [0.2, 0.25) is 5.04 Å². The Morgan fingerprint density at radius 3 is 1.55 bits per heavy atom. The average Bonchev–Trinajstić information content (AvgIpc) is 2.94. The Morgan fingerprint density at radius 1 is 0.775 bits per heavy atom.